The Morgan fingerprint density at radius 2 is 2.00 bits per heavy atom. The van der Waals surface area contributed by atoms with Crippen LogP contribution in [0.1, 0.15) is 39.5 Å². The van der Waals surface area contributed by atoms with Gasteiger partial charge >= 0.3 is 0 Å². The van der Waals surface area contributed by atoms with E-state index >= 15 is 0 Å². The minimum atomic E-state index is -3.23. The maximum absolute atomic E-state index is 12.1. The smallest absolute Gasteiger partial charge is 0.213 e. The van der Waals surface area contributed by atoms with Crippen LogP contribution < -0.4 is 15.4 Å². The van der Waals surface area contributed by atoms with Crippen molar-refractivity contribution in [1.82, 2.24) is 15.4 Å². The van der Waals surface area contributed by atoms with Gasteiger partial charge in [0, 0.05) is 44.1 Å². The normalized spacial score (nSPS) is 30.6. The van der Waals surface area contributed by atoms with Crippen LogP contribution in [0.5, 0.6) is 0 Å². The minimum Gasteiger partial charge on any atom is -0.377 e. The maximum Gasteiger partial charge on any atom is 0.213 e. The molecule has 1 heterocycles. The first-order chi connectivity index (χ1) is 11.8. The minimum absolute atomic E-state index is 0. The molecule has 152 valence electrons. The first-order valence-electron chi connectivity index (χ1n) is 9.39. The van der Waals surface area contributed by atoms with Crippen molar-refractivity contribution >= 4 is 40.0 Å². The van der Waals surface area contributed by atoms with Crippen LogP contribution in [0.25, 0.3) is 0 Å². The number of hydrogen-bond acceptors (Lipinski definition) is 4. The van der Waals surface area contributed by atoms with Crippen LogP contribution in [0.4, 0.5) is 0 Å². The van der Waals surface area contributed by atoms with Gasteiger partial charge in [0.25, 0.3) is 0 Å². The quantitative estimate of drug-likeness (QED) is 0.279. The van der Waals surface area contributed by atoms with E-state index in [2.05, 4.69) is 34.2 Å². The van der Waals surface area contributed by atoms with E-state index in [4.69, 9.17) is 4.74 Å². The van der Waals surface area contributed by atoms with Crippen LogP contribution in [0.2, 0.25) is 0 Å². The van der Waals surface area contributed by atoms with Gasteiger partial charge < -0.3 is 15.4 Å². The molecule has 0 amide bonds. The van der Waals surface area contributed by atoms with Gasteiger partial charge in [-0.1, -0.05) is 20.3 Å². The summed E-state index contributed by atoms with van der Waals surface area (Å²) in [5.41, 5.74) is 0.0647. The van der Waals surface area contributed by atoms with E-state index in [1.807, 2.05) is 0 Å². The first kappa shape index (κ1) is 22.2. The summed E-state index contributed by atoms with van der Waals surface area (Å²) in [4.78, 5) is 4.24. The number of halogens is 1. The van der Waals surface area contributed by atoms with Crippen molar-refractivity contribution in [2.75, 3.05) is 32.5 Å². The third-order valence-corrected chi connectivity index (χ3v) is 7.44. The lowest BCUT2D eigenvalue weighted by Crippen LogP contribution is -2.68. The molecule has 0 aromatic carbocycles. The summed E-state index contributed by atoms with van der Waals surface area (Å²) in [6.45, 7) is 6.17. The molecule has 3 unspecified atom stereocenters. The molecule has 0 bridgehead atoms. The zero-order valence-corrected chi connectivity index (χ0v) is 19.1. The summed E-state index contributed by atoms with van der Waals surface area (Å²) in [7, 11) is -1.51. The number of sulfonamides is 1. The number of aliphatic imine (C=N–C) groups is 1. The van der Waals surface area contributed by atoms with Crippen molar-refractivity contribution < 1.29 is 13.2 Å². The Balaban J connectivity index is 0.00000243. The summed E-state index contributed by atoms with van der Waals surface area (Å²) in [6, 6.07) is 0.305. The van der Waals surface area contributed by atoms with Gasteiger partial charge in [-0.2, -0.15) is 0 Å². The molecule has 2 aliphatic carbocycles. The van der Waals surface area contributed by atoms with Crippen molar-refractivity contribution in [2.45, 2.75) is 51.7 Å². The highest BCUT2D eigenvalue weighted by molar-refractivity contribution is 14.0. The molecular formula is C17H33IN4O3S. The second-order valence-electron chi connectivity index (χ2n) is 8.15. The third kappa shape index (κ3) is 4.82. The number of rotatable bonds is 7. The second-order valence-corrected chi connectivity index (χ2v) is 10.1. The van der Waals surface area contributed by atoms with E-state index in [0.29, 0.717) is 43.0 Å². The highest BCUT2D eigenvalue weighted by Gasteiger charge is 2.59. The molecule has 0 aromatic heterocycles. The fourth-order valence-electron chi connectivity index (χ4n) is 4.28. The van der Waals surface area contributed by atoms with Gasteiger partial charge in [-0.15, -0.1) is 24.0 Å². The highest BCUT2D eigenvalue weighted by atomic mass is 127. The van der Waals surface area contributed by atoms with Crippen LogP contribution in [-0.2, 0) is 14.8 Å². The molecule has 26 heavy (non-hydrogen) atoms. The first-order valence-corrected chi connectivity index (χ1v) is 11.0. The van der Waals surface area contributed by atoms with Crippen molar-refractivity contribution in [2.24, 2.45) is 22.2 Å². The Labute approximate surface area is 174 Å². The summed E-state index contributed by atoms with van der Waals surface area (Å²) in [5.74, 6) is 1.77. The average molecular weight is 500 g/mol. The number of guanidine groups is 1. The largest absolute Gasteiger partial charge is 0.377 e. The van der Waals surface area contributed by atoms with Crippen molar-refractivity contribution in [3.8, 4) is 0 Å². The monoisotopic (exact) mass is 500 g/mol. The van der Waals surface area contributed by atoms with Crippen molar-refractivity contribution in [3.63, 3.8) is 0 Å². The zero-order chi connectivity index (χ0) is 18.1. The third-order valence-electron chi connectivity index (χ3n) is 6.10. The molecule has 0 aromatic rings. The zero-order valence-electron chi connectivity index (χ0n) is 16.0. The fraction of sp³-hybridized carbons (Fsp3) is 0.941. The topological polar surface area (TPSA) is 91.8 Å². The lowest BCUT2D eigenvalue weighted by atomic mass is 9.57. The molecule has 1 saturated heterocycles. The van der Waals surface area contributed by atoms with E-state index in [9.17, 15) is 8.42 Å². The molecule has 9 heteroatoms. The van der Waals surface area contributed by atoms with Crippen molar-refractivity contribution in [1.29, 1.82) is 0 Å². The van der Waals surface area contributed by atoms with E-state index < -0.39 is 10.0 Å². The molecule has 0 radical (unpaired) electrons. The van der Waals surface area contributed by atoms with Crippen LogP contribution in [0, 0.1) is 17.3 Å². The SMILES string of the molecule is CN=C(NCCS(=O)(=O)NCC1CCC1)NC1C2CCOC2C1(C)C.I. The van der Waals surface area contributed by atoms with Gasteiger partial charge in [-0.25, -0.2) is 13.1 Å². The van der Waals surface area contributed by atoms with Gasteiger partial charge in [-0.3, -0.25) is 4.99 Å². The standard InChI is InChI=1S/C17H32N4O3S.HI/c1-17(2)14(13-7-9-24-15(13)17)21-16(18-3)19-8-10-25(22,23)20-11-12-5-4-6-12;/h12-15,20H,4-11H2,1-3H3,(H2,18,19,21);1H. The predicted octanol–water partition coefficient (Wildman–Crippen LogP) is 1.30. The molecule has 3 aliphatic rings. The Bertz CT molecular complexity index is 607. The van der Waals surface area contributed by atoms with Crippen LogP contribution in [0.3, 0.4) is 0 Å². The lowest BCUT2D eigenvalue weighted by molar-refractivity contribution is -0.106. The van der Waals surface area contributed by atoms with Gasteiger partial charge in [0.05, 0.1) is 11.9 Å². The Morgan fingerprint density at radius 1 is 1.27 bits per heavy atom. The Morgan fingerprint density at radius 3 is 2.62 bits per heavy atom. The molecule has 0 spiro atoms. The summed E-state index contributed by atoms with van der Waals surface area (Å²) < 4.78 is 32.6. The average Bonchev–Trinajstić information content (AvgIpc) is 2.95. The van der Waals surface area contributed by atoms with Gasteiger partial charge in [0.2, 0.25) is 10.0 Å². The van der Waals surface area contributed by atoms with E-state index in [0.717, 1.165) is 25.9 Å². The highest BCUT2D eigenvalue weighted by Crippen LogP contribution is 2.52. The molecule has 3 atom stereocenters. The predicted molar refractivity (Wildman–Crippen MR) is 114 cm³/mol. The second kappa shape index (κ2) is 8.91. The molecule has 3 fully saturated rings. The van der Waals surface area contributed by atoms with Gasteiger partial charge in [-0.05, 0) is 25.2 Å². The number of nitrogens with one attached hydrogen (secondary N) is 3. The van der Waals surface area contributed by atoms with Crippen LogP contribution in [-0.4, -0.2) is 59.0 Å². The lowest BCUT2D eigenvalue weighted by Gasteiger charge is -2.54. The summed E-state index contributed by atoms with van der Waals surface area (Å²) >= 11 is 0. The molecular weight excluding hydrogens is 467 g/mol. The van der Waals surface area contributed by atoms with E-state index in [1.165, 1.54) is 6.42 Å². The van der Waals surface area contributed by atoms with Crippen LogP contribution in [0.15, 0.2) is 4.99 Å². The summed E-state index contributed by atoms with van der Waals surface area (Å²) in [6.07, 6.45) is 4.89. The van der Waals surface area contributed by atoms with Crippen molar-refractivity contribution in [3.05, 3.63) is 0 Å². The number of fused-ring (bicyclic) bond motifs is 1. The maximum atomic E-state index is 12.1. The molecule has 1 aliphatic heterocycles. The Hall–Kier alpha value is -0.130. The van der Waals surface area contributed by atoms with Crippen LogP contribution >= 0.6 is 24.0 Å². The number of nitrogens with zero attached hydrogens (tertiary/aromatic N) is 1. The fourth-order valence-corrected chi connectivity index (χ4v) is 5.28. The van der Waals surface area contributed by atoms with E-state index in [-0.39, 0.29) is 35.1 Å². The number of ether oxygens (including phenoxy) is 1. The number of hydrogen-bond donors (Lipinski definition) is 3. The summed E-state index contributed by atoms with van der Waals surface area (Å²) in [5, 5.41) is 6.60. The Kier molecular flexibility index (Phi) is 7.60. The van der Waals surface area contributed by atoms with E-state index in [1.54, 1.807) is 7.05 Å². The van der Waals surface area contributed by atoms with Gasteiger partial charge in [0.1, 0.15) is 0 Å². The molecule has 3 rings (SSSR count). The molecule has 3 N–H and O–H groups in total. The van der Waals surface area contributed by atoms with Gasteiger partial charge in [0.15, 0.2) is 5.96 Å². The molecule has 2 saturated carbocycles. The molecule has 7 nitrogen and oxygen atoms in total.